The van der Waals surface area contributed by atoms with Crippen molar-refractivity contribution in [2.24, 2.45) is 0 Å². The maximum atomic E-state index is 12.4. The molecule has 2 heterocycles. The Labute approximate surface area is 104 Å². The third-order valence-corrected chi connectivity index (χ3v) is 3.89. The number of nitrogens with one attached hydrogen (secondary N) is 1. The van der Waals surface area contributed by atoms with Crippen LogP contribution in [0.5, 0.6) is 0 Å². The van der Waals surface area contributed by atoms with E-state index in [1.165, 1.54) is 19.3 Å². The maximum absolute atomic E-state index is 12.4. The molecule has 2 aliphatic heterocycles. The highest BCUT2D eigenvalue weighted by Gasteiger charge is 2.25. The van der Waals surface area contributed by atoms with E-state index in [-0.39, 0.29) is 6.04 Å². The highest BCUT2D eigenvalue weighted by molar-refractivity contribution is 5.82. The van der Waals surface area contributed by atoms with Gasteiger partial charge >= 0.3 is 0 Å². The largest absolute Gasteiger partial charge is 0.340 e. The zero-order valence-electron chi connectivity index (χ0n) is 11.0. The highest BCUT2D eigenvalue weighted by Crippen LogP contribution is 2.12. The minimum absolute atomic E-state index is 0.0842. The maximum Gasteiger partial charge on any atom is 0.239 e. The van der Waals surface area contributed by atoms with Gasteiger partial charge < -0.3 is 15.1 Å². The fraction of sp³-hybridized carbons (Fsp3) is 0.923. The van der Waals surface area contributed by atoms with Crippen molar-refractivity contribution in [1.29, 1.82) is 0 Å². The molecule has 0 aromatic heterocycles. The fourth-order valence-electron chi connectivity index (χ4n) is 2.73. The second kappa shape index (κ2) is 6.36. The van der Waals surface area contributed by atoms with Crippen LogP contribution in [0.15, 0.2) is 0 Å². The molecule has 2 fully saturated rings. The SMILES string of the molecule is CN1CCCN(C(=O)C2CCCCCN2)CC1. The zero-order valence-corrected chi connectivity index (χ0v) is 11.0. The summed E-state index contributed by atoms with van der Waals surface area (Å²) in [5.74, 6) is 0.335. The van der Waals surface area contributed by atoms with Crippen LogP contribution >= 0.6 is 0 Å². The third-order valence-electron chi connectivity index (χ3n) is 3.89. The summed E-state index contributed by atoms with van der Waals surface area (Å²) in [5, 5.41) is 3.41. The molecule has 0 radical (unpaired) electrons. The van der Waals surface area contributed by atoms with Gasteiger partial charge in [0.25, 0.3) is 0 Å². The molecular weight excluding hydrogens is 214 g/mol. The molecule has 0 saturated carbocycles. The van der Waals surface area contributed by atoms with Gasteiger partial charge in [-0.05, 0) is 39.4 Å². The van der Waals surface area contributed by atoms with Gasteiger partial charge in [0.15, 0.2) is 0 Å². The summed E-state index contributed by atoms with van der Waals surface area (Å²) in [5.41, 5.74) is 0. The first kappa shape index (κ1) is 12.8. The summed E-state index contributed by atoms with van der Waals surface area (Å²) < 4.78 is 0. The Morgan fingerprint density at radius 1 is 1.06 bits per heavy atom. The Morgan fingerprint density at radius 3 is 2.82 bits per heavy atom. The number of nitrogens with zero attached hydrogens (tertiary/aromatic N) is 2. The van der Waals surface area contributed by atoms with Crippen LogP contribution in [-0.2, 0) is 4.79 Å². The number of likely N-dealkylation sites (N-methyl/N-ethyl adjacent to an activating group) is 1. The number of carbonyl (C=O) groups excluding carboxylic acids is 1. The lowest BCUT2D eigenvalue weighted by atomic mass is 10.1. The first-order valence-electron chi connectivity index (χ1n) is 6.98. The predicted molar refractivity (Wildman–Crippen MR) is 69.0 cm³/mol. The van der Waals surface area contributed by atoms with E-state index in [0.717, 1.165) is 45.6 Å². The van der Waals surface area contributed by atoms with E-state index in [2.05, 4.69) is 22.2 Å². The molecule has 0 aromatic rings. The normalized spacial score (nSPS) is 28.5. The first-order valence-corrected chi connectivity index (χ1v) is 6.98. The van der Waals surface area contributed by atoms with Gasteiger partial charge in [0.1, 0.15) is 0 Å². The van der Waals surface area contributed by atoms with Crippen LogP contribution < -0.4 is 5.32 Å². The van der Waals surface area contributed by atoms with Gasteiger partial charge in [-0.1, -0.05) is 12.8 Å². The fourth-order valence-corrected chi connectivity index (χ4v) is 2.73. The lowest BCUT2D eigenvalue weighted by molar-refractivity contribution is -0.133. The Morgan fingerprint density at radius 2 is 1.94 bits per heavy atom. The van der Waals surface area contributed by atoms with Crippen molar-refractivity contribution in [2.75, 3.05) is 39.8 Å². The molecule has 2 rings (SSSR count). The second-order valence-corrected chi connectivity index (χ2v) is 5.34. The van der Waals surface area contributed by atoms with E-state index in [1.54, 1.807) is 0 Å². The molecule has 1 unspecified atom stereocenters. The average Bonchev–Trinajstić information content (AvgIpc) is 2.70. The lowest BCUT2D eigenvalue weighted by Gasteiger charge is -2.26. The Balaban J connectivity index is 1.88. The van der Waals surface area contributed by atoms with Crippen molar-refractivity contribution in [1.82, 2.24) is 15.1 Å². The van der Waals surface area contributed by atoms with E-state index < -0.39 is 0 Å². The minimum Gasteiger partial charge on any atom is -0.340 e. The van der Waals surface area contributed by atoms with Crippen LogP contribution in [-0.4, -0.2) is 61.5 Å². The van der Waals surface area contributed by atoms with Crippen molar-refractivity contribution < 1.29 is 4.79 Å². The van der Waals surface area contributed by atoms with E-state index in [4.69, 9.17) is 0 Å². The molecule has 98 valence electrons. The Hall–Kier alpha value is -0.610. The van der Waals surface area contributed by atoms with Crippen molar-refractivity contribution >= 4 is 5.91 Å². The topological polar surface area (TPSA) is 35.6 Å². The van der Waals surface area contributed by atoms with E-state index in [1.807, 2.05) is 0 Å². The quantitative estimate of drug-likeness (QED) is 0.731. The van der Waals surface area contributed by atoms with Gasteiger partial charge in [0.05, 0.1) is 6.04 Å². The number of amides is 1. The monoisotopic (exact) mass is 239 g/mol. The average molecular weight is 239 g/mol. The van der Waals surface area contributed by atoms with Crippen LogP contribution in [0.25, 0.3) is 0 Å². The molecule has 1 amide bonds. The smallest absolute Gasteiger partial charge is 0.239 e. The second-order valence-electron chi connectivity index (χ2n) is 5.34. The minimum atomic E-state index is 0.0842. The molecule has 0 spiro atoms. The molecule has 17 heavy (non-hydrogen) atoms. The van der Waals surface area contributed by atoms with Crippen LogP contribution in [0.4, 0.5) is 0 Å². The molecule has 1 N–H and O–H groups in total. The molecule has 2 saturated heterocycles. The molecule has 4 heteroatoms. The van der Waals surface area contributed by atoms with Gasteiger partial charge in [0.2, 0.25) is 5.91 Å². The van der Waals surface area contributed by atoms with Gasteiger partial charge in [-0.3, -0.25) is 4.79 Å². The number of hydrogen-bond acceptors (Lipinski definition) is 3. The summed E-state index contributed by atoms with van der Waals surface area (Å²) in [4.78, 5) is 16.8. The zero-order chi connectivity index (χ0) is 12.1. The van der Waals surface area contributed by atoms with Crippen molar-refractivity contribution in [3.8, 4) is 0 Å². The Bertz CT molecular complexity index is 249. The van der Waals surface area contributed by atoms with Crippen molar-refractivity contribution in [3.05, 3.63) is 0 Å². The number of hydrogen-bond donors (Lipinski definition) is 1. The molecule has 2 aliphatic rings. The summed E-state index contributed by atoms with van der Waals surface area (Å²) in [6, 6.07) is 0.0842. The molecule has 4 nitrogen and oxygen atoms in total. The number of rotatable bonds is 1. The molecule has 0 aromatic carbocycles. The summed E-state index contributed by atoms with van der Waals surface area (Å²) >= 11 is 0. The molecular formula is C13H25N3O. The van der Waals surface area contributed by atoms with Gasteiger partial charge in [0, 0.05) is 19.6 Å². The molecule has 0 aliphatic carbocycles. The van der Waals surface area contributed by atoms with Gasteiger partial charge in [-0.25, -0.2) is 0 Å². The van der Waals surface area contributed by atoms with Crippen LogP contribution in [0.2, 0.25) is 0 Å². The standard InChI is InChI=1S/C13H25N3O/c1-15-8-5-9-16(11-10-15)13(17)12-6-3-2-4-7-14-12/h12,14H,2-11H2,1H3. The van der Waals surface area contributed by atoms with E-state index in [9.17, 15) is 4.79 Å². The summed E-state index contributed by atoms with van der Waals surface area (Å²) in [7, 11) is 2.14. The first-order chi connectivity index (χ1) is 8.27. The molecule has 1 atom stereocenters. The van der Waals surface area contributed by atoms with Gasteiger partial charge in [-0.2, -0.15) is 0 Å². The van der Waals surface area contributed by atoms with Crippen molar-refractivity contribution in [2.45, 2.75) is 38.1 Å². The van der Waals surface area contributed by atoms with E-state index >= 15 is 0 Å². The summed E-state index contributed by atoms with van der Waals surface area (Å²) in [6.45, 7) is 4.96. The Kier molecular flexibility index (Phi) is 4.80. The summed E-state index contributed by atoms with van der Waals surface area (Å²) in [6.07, 6.45) is 5.79. The van der Waals surface area contributed by atoms with Gasteiger partial charge in [-0.15, -0.1) is 0 Å². The lowest BCUT2D eigenvalue weighted by Crippen LogP contribution is -2.47. The van der Waals surface area contributed by atoms with Crippen LogP contribution in [0.1, 0.15) is 32.1 Å². The number of carbonyl (C=O) groups is 1. The molecule has 0 bridgehead atoms. The third kappa shape index (κ3) is 3.68. The van der Waals surface area contributed by atoms with Crippen LogP contribution in [0, 0.1) is 0 Å². The van der Waals surface area contributed by atoms with E-state index in [0.29, 0.717) is 5.91 Å². The van der Waals surface area contributed by atoms with Crippen molar-refractivity contribution in [3.63, 3.8) is 0 Å². The predicted octanol–water partition coefficient (Wildman–Crippen LogP) is 0.683. The highest BCUT2D eigenvalue weighted by atomic mass is 16.2. The van der Waals surface area contributed by atoms with Crippen LogP contribution in [0.3, 0.4) is 0 Å².